The highest BCUT2D eigenvalue weighted by atomic mass is 32.2. The molecular formula is C11H14N2O3S. The maximum atomic E-state index is 11.2. The number of hydrogen-bond acceptors (Lipinski definition) is 4. The predicted molar refractivity (Wildman–Crippen MR) is 65.7 cm³/mol. The molecule has 0 atom stereocenters. The van der Waals surface area contributed by atoms with Gasteiger partial charge in [-0.15, -0.1) is 0 Å². The van der Waals surface area contributed by atoms with Gasteiger partial charge in [-0.05, 0) is 25.0 Å². The van der Waals surface area contributed by atoms with Gasteiger partial charge in [0, 0.05) is 40.2 Å². The first-order valence-electron chi connectivity index (χ1n) is 5.46. The van der Waals surface area contributed by atoms with Crippen molar-refractivity contribution in [2.45, 2.75) is 18.9 Å². The van der Waals surface area contributed by atoms with Crippen LogP contribution in [0.25, 0.3) is 0 Å². The molecule has 1 aliphatic heterocycles. The average Bonchev–Trinajstić information content (AvgIpc) is 2.32. The third-order valence-electron chi connectivity index (χ3n) is 2.74. The van der Waals surface area contributed by atoms with Gasteiger partial charge in [0.1, 0.15) is 5.69 Å². The maximum absolute atomic E-state index is 11.2. The third-order valence-corrected chi connectivity index (χ3v) is 4.12. The molecule has 0 aromatic carbocycles. The summed E-state index contributed by atoms with van der Waals surface area (Å²) < 4.78 is 11.2. The molecule has 0 saturated carbocycles. The average molecular weight is 254 g/mol. The largest absolute Gasteiger partial charge is 0.477 e. The van der Waals surface area contributed by atoms with Crippen molar-refractivity contribution in [3.05, 3.63) is 24.0 Å². The highest BCUT2D eigenvalue weighted by molar-refractivity contribution is 7.85. The molecule has 1 fully saturated rings. The number of anilines is 1. The van der Waals surface area contributed by atoms with Gasteiger partial charge in [0.2, 0.25) is 0 Å². The SMILES string of the molecule is O=C(O)c1cc(NC2CCS(=O)CC2)ccn1. The lowest BCUT2D eigenvalue weighted by atomic mass is 10.1. The topological polar surface area (TPSA) is 79.3 Å². The Morgan fingerprint density at radius 3 is 2.82 bits per heavy atom. The van der Waals surface area contributed by atoms with Crippen molar-refractivity contribution in [2.75, 3.05) is 16.8 Å². The summed E-state index contributed by atoms with van der Waals surface area (Å²) in [5.41, 5.74) is 0.796. The molecule has 1 aromatic heterocycles. The Kier molecular flexibility index (Phi) is 3.73. The van der Waals surface area contributed by atoms with E-state index < -0.39 is 16.8 Å². The normalized spacial score (nSPS) is 24.2. The number of carboxylic acids is 1. The molecule has 5 nitrogen and oxygen atoms in total. The number of aromatic carboxylic acids is 1. The van der Waals surface area contributed by atoms with Crippen LogP contribution in [0.15, 0.2) is 18.3 Å². The molecule has 2 rings (SSSR count). The summed E-state index contributed by atoms with van der Waals surface area (Å²) in [6.07, 6.45) is 3.20. The summed E-state index contributed by atoms with van der Waals surface area (Å²) in [6, 6.07) is 3.54. The van der Waals surface area contributed by atoms with Crippen LogP contribution >= 0.6 is 0 Å². The highest BCUT2D eigenvalue weighted by Gasteiger charge is 2.17. The molecule has 1 aliphatic rings. The summed E-state index contributed by atoms with van der Waals surface area (Å²) in [7, 11) is -0.677. The number of aromatic nitrogens is 1. The Morgan fingerprint density at radius 1 is 1.47 bits per heavy atom. The highest BCUT2D eigenvalue weighted by Crippen LogP contribution is 2.16. The van der Waals surface area contributed by atoms with E-state index in [4.69, 9.17) is 5.11 Å². The van der Waals surface area contributed by atoms with Crippen molar-refractivity contribution < 1.29 is 14.1 Å². The van der Waals surface area contributed by atoms with E-state index in [9.17, 15) is 9.00 Å². The number of carboxylic acid groups (broad SMARTS) is 1. The van der Waals surface area contributed by atoms with E-state index in [1.807, 2.05) is 0 Å². The van der Waals surface area contributed by atoms with Gasteiger partial charge in [-0.2, -0.15) is 0 Å². The number of rotatable bonds is 3. The molecule has 17 heavy (non-hydrogen) atoms. The number of pyridine rings is 1. The maximum Gasteiger partial charge on any atom is 0.354 e. The fraction of sp³-hybridized carbons (Fsp3) is 0.455. The number of nitrogens with one attached hydrogen (secondary N) is 1. The molecule has 2 N–H and O–H groups in total. The molecule has 6 heteroatoms. The van der Waals surface area contributed by atoms with E-state index in [0.717, 1.165) is 18.5 Å². The number of hydrogen-bond donors (Lipinski definition) is 2. The Bertz CT molecular complexity index is 440. The number of carbonyl (C=O) groups is 1. The Labute approximate surface area is 102 Å². The van der Waals surface area contributed by atoms with Crippen LogP contribution in [0.5, 0.6) is 0 Å². The minimum Gasteiger partial charge on any atom is -0.477 e. The van der Waals surface area contributed by atoms with E-state index >= 15 is 0 Å². The summed E-state index contributed by atoms with van der Waals surface area (Å²) in [5.74, 6) is 0.404. The zero-order valence-corrected chi connectivity index (χ0v) is 10.1. The summed E-state index contributed by atoms with van der Waals surface area (Å²) >= 11 is 0. The second-order valence-corrected chi connectivity index (χ2v) is 5.70. The lowest BCUT2D eigenvalue weighted by Gasteiger charge is -2.23. The molecule has 0 aliphatic carbocycles. The van der Waals surface area contributed by atoms with Gasteiger partial charge in [0.15, 0.2) is 0 Å². The molecule has 0 radical (unpaired) electrons. The quantitative estimate of drug-likeness (QED) is 0.844. The molecule has 0 spiro atoms. The Balaban J connectivity index is 2.01. The summed E-state index contributed by atoms with van der Waals surface area (Å²) in [4.78, 5) is 14.5. The van der Waals surface area contributed by atoms with Crippen LogP contribution in [0.1, 0.15) is 23.3 Å². The second-order valence-electron chi connectivity index (χ2n) is 4.00. The summed E-state index contributed by atoms with van der Waals surface area (Å²) in [5, 5.41) is 12.1. The zero-order chi connectivity index (χ0) is 12.3. The van der Waals surface area contributed by atoms with Crippen molar-refractivity contribution in [3.63, 3.8) is 0 Å². The molecular weight excluding hydrogens is 240 g/mol. The first-order chi connectivity index (χ1) is 8.15. The first-order valence-corrected chi connectivity index (χ1v) is 6.95. The van der Waals surface area contributed by atoms with Gasteiger partial charge in [0.05, 0.1) is 0 Å². The van der Waals surface area contributed by atoms with E-state index in [2.05, 4.69) is 10.3 Å². The fourth-order valence-corrected chi connectivity index (χ4v) is 3.11. The van der Waals surface area contributed by atoms with E-state index in [0.29, 0.717) is 11.5 Å². The van der Waals surface area contributed by atoms with E-state index in [1.165, 1.54) is 12.3 Å². The number of nitrogens with zero attached hydrogens (tertiary/aromatic N) is 1. The fourth-order valence-electron chi connectivity index (χ4n) is 1.81. The van der Waals surface area contributed by atoms with Crippen LogP contribution in [0.4, 0.5) is 5.69 Å². The molecule has 0 amide bonds. The minimum atomic E-state index is -1.03. The summed E-state index contributed by atoms with van der Waals surface area (Å²) in [6.45, 7) is 0. The van der Waals surface area contributed by atoms with Crippen molar-refractivity contribution in [1.82, 2.24) is 4.98 Å². The minimum absolute atomic E-state index is 0.0365. The van der Waals surface area contributed by atoms with Crippen LogP contribution in [-0.4, -0.2) is 37.8 Å². The van der Waals surface area contributed by atoms with Gasteiger partial charge < -0.3 is 10.4 Å². The lowest BCUT2D eigenvalue weighted by molar-refractivity contribution is 0.0690. The first kappa shape index (κ1) is 12.0. The van der Waals surface area contributed by atoms with Crippen molar-refractivity contribution in [1.29, 1.82) is 0 Å². The van der Waals surface area contributed by atoms with Gasteiger partial charge >= 0.3 is 5.97 Å². The Morgan fingerprint density at radius 2 is 2.18 bits per heavy atom. The van der Waals surface area contributed by atoms with Gasteiger partial charge in [-0.3, -0.25) is 4.21 Å². The smallest absolute Gasteiger partial charge is 0.354 e. The van der Waals surface area contributed by atoms with E-state index in [1.54, 1.807) is 6.07 Å². The predicted octanol–water partition coefficient (Wildman–Crippen LogP) is 1.10. The molecule has 0 bridgehead atoms. The van der Waals surface area contributed by atoms with Crippen molar-refractivity contribution in [2.24, 2.45) is 0 Å². The van der Waals surface area contributed by atoms with Gasteiger partial charge in [-0.1, -0.05) is 0 Å². The van der Waals surface area contributed by atoms with Crippen LogP contribution in [0, 0.1) is 0 Å². The molecule has 1 aromatic rings. The second kappa shape index (κ2) is 5.27. The van der Waals surface area contributed by atoms with Gasteiger partial charge in [0.25, 0.3) is 0 Å². The molecule has 92 valence electrons. The standard InChI is InChI=1S/C11H14N2O3S/c14-11(15)10-7-9(1-4-12-10)13-8-2-5-17(16)6-3-8/h1,4,7-8H,2-3,5-6H2,(H,12,13)(H,14,15). The molecule has 2 heterocycles. The molecule has 0 unspecified atom stereocenters. The van der Waals surface area contributed by atoms with Crippen LogP contribution in [-0.2, 0) is 10.8 Å². The lowest BCUT2D eigenvalue weighted by Crippen LogP contribution is -2.29. The third kappa shape index (κ3) is 3.26. The van der Waals surface area contributed by atoms with Crippen molar-refractivity contribution in [3.8, 4) is 0 Å². The molecule has 1 saturated heterocycles. The van der Waals surface area contributed by atoms with Gasteiger partial charge in [-0.25, -0.2) is 9.78 Å². The van der Waals surface area contributed by atoms with Crippen LogP contribution < -0.4 is 5.32 Å². The monoisotopic (exact) mass is 254 g/mol. The van der Waals surface area contributed by atoms with Crippen molar-refractivity contribution >= 4 is 22.5 Å². The van der Waals surface area contributed by atoms with E-state index in [-0.39, 0.29) is 11.7 Å². The zero-order valence-electron chi connectivity index (χ0n) is 9.26. The van der Waals surface area contributed by atoms with Crippen LogP contribution in [0.2, 0.25) is 0 Å². The van der Waals surface area contributed by atoms with Crippen LogP contribution in [0.3, 0.4) is 0 Å². The Hall–Kier alpha value is -1.43.